The summed E-state index contributed by atoms with van der Waals surface area (Å²) >= 11 is 14.6. The lowest BCUT2D eigenvalue weighted by Crippen LogP contribution is -2.37. The van der Waals surface area contributed by atoms with Gasteiger partial charge in [0.05, 0.1) is 33.3 Å². The van der Waals surface area contributed by atoms with Gasteiger partial charge in [0.2, 0.25) is 11.8 Å². The minimum atomic E-state index is 0.0844. The minimum Gasteiger partial charge on any atom is -0.380 e. The van der Waals surface area contributed by atoms with E-state index in [9.17, 15) is 9.59 Å². The number of halogens is 3. The van der Waals surface area contributed by atoms with Gasteiger partial charge in [-0.1, -0.05) is 94.3 Å². The SMILES string of the molecule is CN1C[C@@H](Nc2ccc(C#N)c(Cl)c2)CC1=O.Cc1ccccc1CI.Cc1ccccc1CN(c1ccc(C#N)c(Cl)c1)[C@H]1CC(=O)N(C)C1. The molecule has 2 atom stereocenters. The third kappa shape index (κ3) is 10.9. The fourth-order valence-electron chi connectivity index (χ4n) is 5.88. The molecule has 4 aromatic carbocycles. The van der Waals surface area contributed by atoms with Crippen molar-refractivity contribution >= 4 is 69.0 Å². The molecule has 2 aliphatic rings. The molecule has 2 heterocycles. The summed E-state index contributed by atoms with van der Waals surface area (Å²) in [4.78, 5) is 29.1. The monoisotopic (exact) mass is 834 g/mol. The molecule has 2 amide bonds. The van der Waals surface area contributed by atoms with Crippen LogP contribution in [0.4, 0.5) is 11.4 Å². The van der Waals surface area contributed by atoms with Crippen LogP contribution < -0.4 is 10.2 Å². The summed E-state index contributed by atoms with van der Waals surface area (Å²) in [7, 11) is 3.62. The van der Waals surface area contributed by atoms with E-state index in [2.05, 4.69) is 89.1 Å². The van der Waals surface area contributed by atoms with E-state index in [0.29, 0.717) is 53.6 Å². The number of benzene rings is 4. The topological polar surface area (TPSA) is 103 Å². The average molecular weight is 836 g/mol. The number of carbonyl (C=O) groups is 2. The summed E-state index contributed by atoms with van der Waals surface area (Å²) in [5.74, 6) is 0.293. The molecule has 0 unspecified atom stereocenters. The fourth-order valence-corrected chi connectivity index (χ4v) is 7.17. The van der Waals surface area contributed by atoms with Gasteiger partial charge in [-0.25, -0.2) is 0 Å². The number of nitrogens with zero attached hydrogens (tertiary/aromatic N) is 5. The molecule has 2 saturated heterocycles. The van der Waals surface area contributed by atoms with E-state index >= 15 is 0 Å². The van der Waals surface area contributed by atoms with Gasteiger partial charge in [-0.15, -0.1) is 0 Å². The zero-order valence-corrected chi connectivity index (χ0v) is 32.8. The molecule has 0 radical (unpaired) electrons. The van der Waals surface area contributed by atoms with Gasteiger partial charge in [0.15, 0.2) is 0 Å². The van der Waals surface area contributed by atoms with Gasteiger partial charge in [0, 0.05) is 62.4 Å². The Hall–Kier alpha value is -4.29. The van der Waals surface area contributed by atoms with Crippen LogP contribution in [-0.4, -0.2) is 60.9 Å². The van der Waals surface area contributed by atoms with Crippen molar-refractivity contribution in [2.24, 2.45) is 0 Å². The van der Waals surface area contributed by atoms with Crippen LogP contribution in [0.15, 0.2) is 84.9 Å². The van der Waals surface area contributed by atoms with Gasteiger partial charge >= 0.3 is 0 Å². The number of nitriles is 2. The minimum absolute atomic E-state index is 0.0844. The van der Waals surface area contributed by atoms with E-state index in [0.717, 1.165) is 15.8 Å². The van der Waals surface area contributed by atoms with E-state index < -0.39 is 0 Å². The Morgan fingerprint density at radius 2 is 1.33 bits per heavy atom. The summed E-state index contributed by atoms with van der Waals surface area (Å²) in [5.41, 5.74) is 7.94. The number of rotatable bonds is 7. The molecular weight excluding hydrogens is 794 g/mol. The Balaban J connectivity index is 0.000000192. The second kappa shape index (κ2) is 18.8. The van der Waals surface area contributed by atoms with Crippen LogP contribution in [0.2, 0.25) is 10.0 Å². The summed E-state index contributed by atoms with van der Waals surface area (Å²) in [6.45, 7) is 6.30. The lowest BCUT2D eigenvalue weighted by atomic mass is 10.1. The van der Waals surface area contributed by atoms with Crippen molar-refractivity contribution in [2.75, 3.05) is 37.4 Å². The molecule has 0 aliphatic carbocycles. The molecule has 4 aromatic rings. The van der Waals surface area contributed by atoms with Crippen LogP contribution in [0.1, 0.15) is 46.2 Å². The van der Waals surface area contributed by atoms with Crippen LogP contribution >= 0.6 is 45.8 Å². The van der Waals surface area contributed by atoms with Crippen molar-refractivity contribution in [3.63, 3.8) is 0 Å². The summed E-state index contributed by atoms with van der Waals surface area (Å²) < 4.78 is 1.12. The Bertz CT molecular complexity index is 1940. The second-order valence-electron chi connectivity index (χ2n) is 12.6. The lowest BCUT2D eigenvalue weighted by molar-refractivity contribution is -0.127. The molecule has 0 aromatic heterocycles. The largest absolute Gasteiger partial charge is 0.380 e. The first kappa shape index (κ1) is 39.5. The van der Waals surface area contributed by atoms with Gasteiger partial charge in [-0.05, 0) is 72.5 Å². The van der Waals surface area contributed by atoms with Crippen LogP contribution in [0.3, 0.4) is 0 Å². The zero-order chi connectivity index (χ0) is 37.1. The molecule has 11 heteroatoms. The first-order valence-electron chi connectivity index (χ1n) is 16.5. The number of likely N-dealkylation sites (tertiary alicyclic amines) is 2. The predicted molar refractivity (Wildman–Crippen MR) is 214 cm³/mol. The van der Waals surface area contributed by atoms with Gasteiger partial charge in [0.1, 0.15) is 12.1 Å². The highest BCUT2D eigenvalue weighted by molar-refractivity contribution is 14.1. The smallest absolute Gasteiger partial charge is 0.224 e. The quantitative estimate of drug-likeness (QED) is 0.148. The van der Waals surface area contributed by atoms with Gasteiger partial charge < -0.3 is 20.0 Å². The maximum Gasteiger partial charge on any atom is 0.224 e. The molecule has 2 fully saturated rings. The Morgan fingerprint density at radius 1 is 0.784 bits per heavy atom. The van der Waals surface area contributed by atoms with E-state index in [4.69, 9.17) is 33.7 Å². The number of hydrogen-bond acceptors (Lipinski definition) is 6. The number of anilines is 2. The molecule has 51 heavy (non-hydrogen) atoms. The molecule has 0 spiro atoms. The fraction of sp³-hybridized carbons (Fsp3) is 0.300. The Kier molecular flexibility index (Phi) is 14.6. The first-order valence-corrected chi connectivity index (χ1v) is 18.8. The standard InChI is InChI=1S/C20H20ClN3O.C12H12ClN3O.C8H9I/c1-14-5-3-4-6-16(14)12-24(18-10-20(25)23(2)13-18)17-8-7-15(11-22)19(21)9-17;1-16-7-10(5-12(16)17)15-9-3-2-8(6-14)11(13)4-9;1-7-4-2-3-5-8(7)6-9/h3-9,18H,10,12-13H2,1-2H3;2-4,10,15H,5,7H2,1H3;2-5H,6H2,1H3/t18-;10-;/m00./s1. The Labute approximate surface area is 324 Å². The molecule has 1 N–H and O–H groups in total. The third-order valence-corrected chi connectivity index (χ3v) is 10.4. The van der Waals surface area contributed by atoms with E-state index in [1.807, 2.05) is 37.4 Å². The Morgan fingerprint density at radius 3 is 1.80 bits per heavy atom. The summed E-state index contributed by atoms with van der Waals surface area (Å²) in [5, 5.41) is 22.0. The average Bonchev–Trinajstić information content (AvgIpc) is 3.62. The van der Waals surface area contributed by atoms with Crippen molar-refractivity contribution in [3.8, 4) is 12.1 Å². The van der Waals surface area contributed by atoms with Crippen molar-refractivity contribution in [3.05, 3.63) is 128 Å². The van der Waals surface area contributed by atoms with Crippen LogP contribution in [0, 0.1) is 36.5 Å². The lowest BCUT2D eigenvalue weighted by Gasteiger charge is -2.31. The summed E-state index contributed by atoms with van der Waals surface area (Å²) in [6, 6.07) is 31.7. The highest BCUT2D eigenvalue weighted by atomic mass is 127. The third-order valence-electron chi connectivity index (χ3n) is 8.97. The molecule has 264 valence electrons. The number of nitrogens with one attached hydrogen (secondary N) is 1. The maximum absolute atomic E-state index is 12.0. The van der Waals surface area contributed by atoms with Crippen molar-refractivity contribution in [1.82, 2.24) is 9.80 Å². The van der Waals surface area contributed by atoms with Gasteiger partial charge in [0.25, 0.3) is 0 Å². The normalized spacial score (nSPS) is 16.3. The van der Waals surface area contributed by atoms with E-state index in [-0.39, 0.29) is 23.9 Å². The molecule has 0 bridgehead atoms. The number of likely N-dealkylation sites (N-methyl/N-ethyl adjacent to an activating group) is 2. The van der Waals surface area contributed by atoms with Crippen LogP contribution in [0.5, 0.6) is 0 Å². The first-order chi connectivity index (χ1) is 24.4. The number of hydrogen-bond donors (Lipinski definition) is 1. The molecule has 6 rings (SSSR count). The molecule has 0 saturated carbocycles. The highest BCUT2D eigenvalue weighted by Gasteiger charge is 2.32. The van der Waals surface area contributed by atoms with Gasteiger partial charge in [-0.3, -0.25) is 9.59 Å². The highest BCUT2D eigenvalue weighted by Crippen LogP contribution is 2.30. The molecular formula is C40H41Cl2IN6O2. The zero-order valence-electron chi connectivity index (χ0n) is 29.2. The van der Waals surface area contributed by atoms with Gasteiger partial charge in [-0.2, -0.15) is 10.5 Å². The number of amides is 2. The van der Waals surface area contributed by atoms with Crippen molar-refractivity contribution in [2.45, 2.75) is 49.7 Å². The number of aryl methyl sites for hydroxylation is 2. The van der Waals surface area contributed by atoms with E-state index in [1.54, 1.807) is 41.1 Å². The van der Waals surface area contributed by atoms with Crippen LogP contribution in [-0.2, 0) is 20.6 Å². The number of alkyl halides is 1. The predicted octanol–water partition coefficient (Wildman–Crippen LogP) is 8.54. The van der Waals surface area contributed by atoms with E-state index in [1.165, 1.54) is 22.3 Å². The maximum atomic E-state index is 12.0. The molecule has 2 aliphatic heterocycles. The second-order valence-corrected chi connectivity index (χ2v) is 14.2. The number of carbonyl (C=O) groups excluding carboxylic acids is 2. The van der Waals surface area contributed by atoms with Crippen molar-refractivity contribution < 1.29 is 9.59 Å². The summed E-state index contributed by atoms with van der Waals surface area (Å²) in [6.07, 6.45) is 0.980. The molecule has 8 nitrogen and oxygen atoms in total. The van der Waals surface area contributed by atoms with Crippen molar-refractivity contribution in [1.29, 1.82) is 10.5 Å². The van der Waals surface area contributed by atoms with Crippen LogP contribution in [0.25, 0.3) is 0 Å².